The second kappa shape index (κ2) is 7.94. The van der Waals surface area contributed by atoms with E-state index in [9.17, 15) is 9.18 Å². The highest BCUT2D eigenvalue weighted by Crippen LogP contribution is 2.19. The lowest BCUT2D eigenvalue weighted by molar-refractivity contribution is -0.120. The van der Waals surface area contributed by atoms with Gasteiger partial charge in [-0.05, 0) is 42.2 Å². The van der Waals surface area contributed by atoms with E-state index in [-0.39, 0.29) is 29.9 Å². The number of benzene rings is 2. The first-order valence-corrected chi connectivity index (χ1v) is 8.84. The zero-order valence-corrected chi connectivity index (χ0v) is 14.3. The van der Waals surface area contributed by atoms with Gasteiger partial charge in [0.25, 0.3) is 0 Å². The van der Waals surface area contributed by atoms with E-state index in [0.29, 0.717) is 12.1 Å². The SMILES string of the molecule is CSc1ccc(CNC(=O)Cc2nnc(-c3cccc(F)c3)o2)cc1. The molecule has 3 aromatic rings. The van der Waals surface area contributed by atoms with Crippen molar-refractivity contribution in [2.24, 2.45) is 0 Å². The number of nitrogens with zero attached hydrogens (tertiary/aromatic N) is 2. The van der Waals surface area contributed by atoms with Crippen molar-refractivity contribution in [1.29, 1.82) is 0 Å². The van der Waals surface area contributed by atoms with E-state index >= 15 is 0 Å². The third-order valence-corrected chi connectivity index (χ3v) is 4.24. The fraction of sp³-hybridized carbons (Fsp3) is 0.167. The van der Waals surface area contributed by atoms with Gasteiger partial charge in [-0.3, -0.25) is 4.79 Å². The molecule has 5 nitrogen and oxygen atoms in total. The van der Waals surface area contributed by atoms with Gasteiger partial charge in [0.05, 0.1) is 0 Å². The average Bonchev–Trinajstić information content (AvgIpc) is 3.09. The third-order valence-electron chi connectivity index (χ3n) is 3.50. The Balaban J connectivity index is 1.56. The van der Waals surface area contributed by atoms with Gasteiger partial charge in [-0.15, -0.1) is 22.0 Å². The van der Waals surface area contributed by atoms with Crippen molar-refractivity contribution in [3.63, 3.8) is 0 Å². The van der Waals surface area contributed by atoms with Crippen LogP contribution in [0.25, 0.3) is 11.5 Å². The first kappa shape index (κ1) is 17.2. The molecule has 0 saturated heterocycles. The molecule has 0 spiro atoms. The molecular weight excluding hydrogens is 341 g/mol. The first-order chi connectivity index (χ1) is 12.1. The molecule has 7 heteroatoms. The highest BCUT2D eigenvalue weighted by molar-refractivity contribution is 7.98. The first-order valence-electron chi connectivity index (χ1n) is 7.62. The van der Waals surface area contributed by atoms with Crippen LogP contribution in [-0.2, 0) is 17.8 Å². The zero-order valence-electron chi connectivity index (χ0n) is 13.5. The highest BCUT2D eigenvalue weighted by Gasteiger charge is 2.12. The van der Waals surface area contributed by atoms with Gasteiger partial charge in [0.2, 0.25) is 17.7 Å². The van der Waals surface area contributed by atoms with E-state index in [4.69, 9.17) is 4.42 Å². The highest BCUT2D eigenvalue weighted by atomic mass is 32.2. The Morgan fingerprint density at radius 1 is 1.20 bits per heavy atom. The molecule has 0 aliphatic heterocycles. The monoisotopic (exact) mass is 357 g/mol. The van der Waals surface area contributed by atoms with Crippen molar-refractivity contribution < 1.29 is 13.6 Å². The number of thioether (sulfide) groups is 1. The summed E-state index contributed by atoms with van der Waals surface area (Å²) in [7, 11) is 0. The van der Waals surface area contributed by atoms with Crippen LogP contribution < -0.4 is 5.32 Å². The Bertz CT molecular complexity index is 865. The molecular formula is C18H16FN3O2S. The molecule has 0 saturated carbocycles. The van der Waals surface area contributed by atoms with E-state index in [1.165, 1.54) is 17.0 Å². The maximum atomic E-state index is 13.2. The van der Waals surface area contributed by atoms with E-state index in [2.05, 4.69) is 15.5 Å². The smallest absolute Gasteiger partial charge is 0.247 e. The number of hydrogen-bond donors (Lipinski definition) is 1. The molecule has 25 heavy (non-hydrogen) atoms. The van der Waals surface area contributed by atoms with Gasteiger partial charge >= 0.3 is 0 Å². The van der Waals surface area contributed by atoms with Crippen LogP contribution in [-0.4, -0.2) is 22.4 Å². The molecule has 1 heterocycles. The predicted molar refractivity (Wildman–Crippen MR) is 93.5 cm³/mol. The van der Waals surface area contributed by atoms with Crippen LogP contribution in [0.2, 0.25) is 0 Å². The van der Waals surface area contributed by atoms with Gasteiger partial charge in [0.1, 0.15) is 12.2 Å². The lowest BCUT2D eigenvalue weighted by Gasteiger charge is -2.04. The predicted octanol–water partition coefficient (Wildman–Crippen LogP) is 3.46. The normalized spacial score (nSPS) is 10.6. The number of hydrogen-bond acceptors (Lipinski definition) is 5. The second-order valence-electron chi connectivity index (χ2n) is 5.31. The van der Waals surface area contributed by atoms with Crippen LogP contribution in [0, 0.1) is 5.82 Å². The molecule has 2 aromatic carbocycles. The molecule has 0 unspecified atom stereocenters. The van der Waals surface area contributed by atoms with Crippen molar-refractivity contribution in [3.8, 4) is 11.5 Å². The number of carbonyl (C=O) groups excluding carboxylic acids is 1. The zero-order chi connectivity index (χ0) is 17.6. The summed E-state index contributed by atoms with van der Waals surface area (Å²) in [5.41, 5.74) is 1.49. The Morgan fingerprint density at radius 3 is 2.72 bits per heavy atom. The lowest BCUT2D eigenvalue weighted by atomic mass is 10.2. The van der Waals surface area contributed by atoms with Gasteiger partial charge in [-0.25, -0.2) is 4.39 Å². The number of aromatic nitrogens is 2. The summed E-state index contributed by atoms with van der Waals surface area (Å²) in [6, 6.07) is 13.8. The largest absolute Gasteiger partial charge is 0.420 e. The number of nitrogens with one attached hydrogen (secondary N) is 1. The topological polar surface area (TPSA) is 68.0 Å². The van der Waals surface area contributed by atoms with Gasteiger partial charge in [-0.1, -0.05) is 18.2 Å². The molecule has 128 valence electrons. The Labute approximate surface area is 148 Å². The summed E-state index contributed by atoms with van der Waals surface area (Å²) in [6.07, 6.45) is 1.99. The maximum absolute atomic E-state index is 13.2. The van der Waals surface area contributed by atoms with Crippen molar-refractivity contribution >= 4 is 17.7 Å². The molecule has 3 rings (SSSR count). The number of halogens is 1. The molecule has 0 aliphatic rings. The van der Waals surface area contributed by atoms with Crippen LogP contribution in [0.3, 0.4) is 0 Å². The Kier molecular flexibility index (Phi) is 5.45. The van der Waals surface area contributed by atoms with Crippen molar-refractivity contribution in [2.45, 2.75) is 17.9 Å². The van der Waals surface area contributed by atoms with Crippen LogP contribution in [0.4, 0.5) is 4.39 Å². The van der Waals surface area contributed by atoms with Gasteiger partial charge in [0, 0.05) is 17.0 Å². The quantitative estimate of drug-likeness (QED) is 0.684. The van der Waals surface area contributed by atoms with Crippen LogP contribution in [0.5, 0.6) is 0 Å². The minimum atomic E-state index is -0.387. The summed E-state index contributed by atoms with van der Waals surface area (Å²) in [5, 5.41) is 10.5. The molecule has 1 N–H and O–H groups in total. The third kappa shape index (κ3) is 4.67. The van der Waals surface area contributed by atoms with Crippen molar-refractivity contribution in [1.82, 2.24) is 15.5 Å². The van der Waals surface area contributed by atoms with Crippen LogP contribution in [0.15, 0.2) is 57.8 Å². The summed E-state index contributed by atoms with van der Waals surface area (Å²) in [6.45, 7) is 0.429. The molecule has 0 atom stereocenters. The molecule has 1 amide bonds. The summed E-state index contributed by atoms with van der Waals surface area (Å²) < 4.78 is 18.6. The second-order valence-corrected chi connectivity index (χ2v) is 6.19. The summed E-state index contributed by atoms with van der Waals surface area (Å²) in [4.78, 5) is 13.2. The molecule has 0 bridgehead atoms. The Morgan fingerprint density at radius 2 is 2.00 bits per heavy atom. The van der Waals surface area contributed by atoms with E-state index in [1.54, 1.807) is 23.9 Å². The fourth-order valence-electron chi connectivity index (χ4n) is 2.21. The molecule has 0 fully saturated rings. The summed E-state index contributed by atoms with van der Waals surface area (Å²) >= 11 is 1.67. The molecule has 1 aromatic heterocycles. The van der Waals surface area contributed by atoms with Crippen molar-refractivity contribution in [3.05, 3.63) is 65.8 Å². The number of amides is 1. The van der Waals surface area contributed by atoms with Crippen LogP contribution >= 0.6 is 11.8 Å². The van der Waals surface area contributed by atoms with Gasteiger partial charge in [-0.2, -0.15) is 0 Å². The Hall–Kier alpha value is -2.67. The molecule has 0 radical (unpaired) electrons. The fourth-order valence-corrected chi connectivity index (χ4v) is 2.62. The number of carbonyl (C=O) groups is 1. The maximum Gasteiger partial charge on any atom is 0.247 e. The lowest BCUT2D eigenvalue weighted by Crippen LogP contribution is -2.24. The van der Waals surface area contributed by atoms with Gasteiger partial charge < -0.3 is 9.73 Å². The minimum Gasteiger partial charge on any atom is -0.420 e. The minimum absolute atomic E-state index is 0.0226. The standard InChI is InChI=1S/C18H16FN3O2S/c1-25-15-7-5-12(6-8-15)11-20-16(23)10-17-21-22-18(24-17)13-3-2-4-14(19)9-13/h2-9H,10-11H2,1H3,(H,20,23). The van der Waals surface area contributed by atoms with Gasteiger partial charge in [0.15, 0.2) is 0 Å². The van der Waals surface area contributed by atoms with E-state index in [0.717, 1.165) is 5.56 Å². The summed E-state index contributed by atoms with van der Waals surface area (Å²) in [5.74, 6) is -0.227. The number of rotatable bonds is 6. The average molecular weight is 357 g/mol. The van der Waals surface area contributed by atoms with E-state index < -0.39 is 0 Å². The molecule has 0 aliphatic carbocycles. The van der Waals surface area contributed by atoms with Crippen molar-refractivity contribution in [2.75, 3.05) is 6.26 Å². The van der Waals surface area contributed by atoms with Crippen LogP contribution in [0.1, 0.15) is 11.5 Å². The van der Waals surface area contributed by atoms with E-state index in [1.807, 2.05) is 30.5 Å².